The van der Waals surface area contributed by atoms with Gasteiger partial charge < -0.3 is 4.90 Å². The number of carbonyl (C=O) groups is 1. The van der Waals surface area contributed by atoms with Gasteiger partial charge in [0.25, 0.3) is 11.5 Å². The summed E-state index contributed by atoms with van der Waals surface area (Å²) >= 11 is 0. The molecule has 0 N–H and O–H groups in total. The summed E-state index contributed by atoms with van der Waals surface area (Å²) < 4.78 is 1.78. The lowest BCUT2D eigenvalue weighted by atomic mass is 10.1. The van der Waals surface area contributed by atoms with Crippen LogP contribution in [0.15, 0.2) is 53.6 Å². The minimum absolute atomic E-state index is 0.00513. The van der Waals surface area contributed by atoms with Crippen molar-refractivity contribution in [3.8, 4) is 0 Å². The summed E-state index contributed by atoms with van der Waals surface area (Å²) in [6.07, 6.45) is 5.76. The molecule has 2 aromatic heterocycles. The topological polar surface area (TPSA) is 68.1 Å². The van der Waals surface area contributed by atoms with Gasteiger partial charge in [-0.05, 0) is 37.1 Å². The Morgan fingerprint density at radius 2 is 1.81 bits per heavy atom. The molecule has 0 aliphatic carbocycles. The molecular formula is C20H18N4O2. The Morgan fingerprint density at radius 1 is 1.04 bits per heavy atom. The van der Waals surface area contributed by atoms with E-state index in [0.717, 1.165) is 24.2 Å². The van der Waals surface area contributed by atoms with Crippen molar-refractivity contribution in [3.05, 3.63) is 70.5 Å². The van der Waals surface area contributed by atoms with Gasteiger partial charge in [-0.15, -0.1) is 0 Å². The predicted molar refractivity (Wildman–Crippen MR) is 96.9 cm³/mol. The van der Waals surface area contributed by atoms with E-state index < -0.39 is 0 Å². The fraction of sp³-hybridized carbons (Fsp3) is 0.300. The summed E-state index contributed by atoms with van der Waals surface area (Å²) in [6.45, 7) is 0.513. The molecule has 4 heterocycles. The van der Waals surface area contributed by atoms with Crippen molar-refractivity contribution in [2.75, 3.05) is 0 Å². The summed E-state index contributed by atoms with van der Waals surface area (Å²) in [4.78, 5) is 36.7. The number of benzene rings is 1. The maximum Gasteiger partial charge on any atom is 0.261 e. The highest BCUT2D eigenvalue weighted by molar-refractivity contribution is 5.94. The van der Waals surface area contributed by atoms with Crippen LogP contribution >= 0.6 is 0 Å². The molecule has 1 amide bonds. The third-order valence-corrected chi connectivity index (χ3v) is 5.53. The zero-order chi connectivity index (χ0) is 17.7. The van der Waals surface area contributed by atoms with Crippen LogP contribution in [-0.2, 0) is 13.0 Å². The minimum atomic E-state index is -0.00513. The molecule has 2 bridgehead atoms. The number of rotatable bonds is 1. The smallest absolute Gasteiger partial charge is 0.261 e. The van der Waals surface area contributed by atoms with Crippen molar-refractivity contribution in [1.82, 2.24) is 19.4 Å². The number of amides is 1. The molecule has 1 saturated heterocycles. The minimum Gasteiger partial charge on any atom is -0.330 e. The molecule has 6 nitrogen and oxygen atoms in total. The van der Waals surface area contributed by atoms with Crippen LogP contribution in [0.3, 0.4) is 0 Å². The molecule has 3 aromatic rings. The summed E-state index contributed by atoms with van der Waals surface area (Å²) in [5.41, 5.74) is 1.37. The van der Waals surface area contributed by atoms with Crippen molar-refractivity contribution in [2.45, 2.75) is 37.9 Å². The second kappa shape index (κ2) is 5.76. The van der Waals surface area contributed by atoms with Crippen molar-refractivity contribution in [3.63, 3.8) is 0 Å². The van der Waals surface area contributed by atoms with Crippen LogP contribution in [0, 0.1) is 0 Å². The quantitative estimate of drug-likeness (QED) is 0.676. The first-order chi connectivity index (χ1) is 12.7. The average Bonchev–Trinajstić information content (AvgIpc) is 2.98. The molecule has 1 aromatic carbocycles. The Labute approximate surface area is 150 Å². The van der Waals surface area contributed by atoms with E-state index in [1.54, 1.807) is 29.1 Å². The second-order valence-electron chi connectivity index (χ2n) is 7.00. The molecule has 0 spiro atoms. The SMILES string of the molecule is O=C(c1ccncc1)N1[C@@H]2CC[C@H]1Cc1nc3ccccc3c(=O)n1C2. The van der Waals surface area contributed by atoms with Crippen LogP contribution in [0.25, 0.3) is 10.9 Å². The van der Waals surface area contributed by atoms with E-state index in [2.05, 4.69) is 4.98 Å². The summed E-state index contributed by atoms with van der Waals surface area (Å²) in [5, 5.41) is 0.640. The highest BCUT2D eigenvalue weighted by Gasteiger charge is 2.40. The molecule has 6 heteroatoms. The lowest BCUT2D eigenvalue weighted by Gasteiger charge is -2.27. The van der Waals surface area contributed by atoms with Crippen LogP contribution < -0.4 is 5.56 Å². The van der Waals surface area contributed by atoms with E-state index in [-0.39, 0.29) is 23.6 Å². The highest BCUT2D eigenvalue weighted by Crippen LogP contribution is 2.32. The fourth-order valence-corrected chi connectivity index (χ4v) is 4.30. The molecule has 1 fully saturated rings. The van der Waals surface area contributed by atoms with E-state index in [1.807, 2.05) is 29.2 Å². The number of aromatic nitrogens is 3. The van der Waals surface area contributed by atoms with Gasteiger partial charge in [0.15, 0.2) is 0 Å². The zero-order valence-electron chi connectivity index (χ0n) is 14.2. The number of nitrogens with zero attached hydrogens (tertiary/aromatic N) is 4. The van der Waals surface area contributed by atoms with Gasteiger partial charge in [-0.25, -0.2) is 4.98 Å². The zero-order valence-corrected chi connectivity index (χ0v) is 14.2. The van der Waals surface area contributed by atoms with Crippen LogP contribution in [0.4, 0.5) is 0 Å². The molecular weight excluding hydrogens is 328 g/mol. The first-order valence-corrected chi connectivity index (χ1v) is 8.93. The van der Waals surface area contributed by atoms with Crippen molar-refractivity contribution in [2.24, 2.45) is 0 Å². The molecule has 2 atom stereocenters. The van der Waals surface area contributed by atoms with E-state index in [4.69, 9.17) is 4.98 Å². The van der Waals surface area contributed by atoms with E-state index in [9.17, 15) is 9.59 Å². The Hall–Kier alpha value is -3.02. The van der Waals surface area contributed by atoms with Crippen LogP contribution in [0.2, 0.25) is 0 Å². The number of carbonyl (C=O) groups excluding carboxylic acids is 1. The largest absolute Gasteiger partial charge is 0.330 e. The van der Waals surface area contributed by atoms with E-state index >= 15 is 0 Å². The standard InChI is InChI=1S/C20H18N4O2/c25-19(13-7-9-21-10-8-13)24-14-5-6-15(24)12-23-18(11-14)22-17-4-2-1-3-16(17)20(23)26/h1-4,7-10,14-15H,5-6,11-12H2/t14-,15+/m0/s1. The van der Waals surface area contributed by atoms with Crippen LogP contribution in [-0.4, -0.2) is 37.4 Å². The Morgan fingerprint density at radius 3 is 2.65 bits per heavy atom. The highest BCUT2D eigenvalue weighted by atomic mass is 16.2. The van der Waals surface area contributed by atoms with E-state index in [0.29, 0.717) is 23.9 Å². The predicted octanol–water partition coefficient (Wildman–Crippen LogP) is 2.02. The number of pyridine rings is 1. The molecule has 2 aliphatic heterocycles. The van der Waals surface area contributed by atoms with Gasteiger partial charge in [-0.1, -0.05) is 12.1 Å². The maximum absolute atomic E-state index is 13.1. The normalized spacial score (nSPS) is 21.5. The van der Waals surface area contributed by atoms with Gasteiger partial charge in [-0.3, -0.25) is 19.1 Å². The molecule has 130 valence electrons. The van der Waals surface area contributed by atoms with Gasteiger partial charge in [0, 0.05) is 37.0 Å². The van der Waals surface area contributed by atoms with Gasteiger partial charge >= 0.3 is 0 Å². The number of fused-ring (bicyclic) bond motifs is 4. The molecule has 26 heavy (non-hydrogen) atoms. The average molecular weight is 346 g/mol. The van der Waals surface area contributed by atoms with Gasteiger partial charge in [0.1, 0.15) is 5.82 Å². The molecule has 2 aliphatic rings. The molecule has 0 radical (unpaired) electrons. The molecule has 0 saturated carbocycles. The van der Waals surface area contributed by atoms with Crippen molar-refractivity contribution in [1.29, 1.82) is 0 Å². The van der Waals surface area contributed by atoms with Gasteiger partial charge in [0.05, 0.1) is 16.9 Å². The third-order valence-electron chi connectivity index (χ3n) is 5.53. The lowest BCUT2D eigenvalue weighted by molar-refractivity contribution is 0.0665. The lowest BCUT2D eigenvalue weighted by Crippen LogP contribution is -2.42. The maximum atomic E-state index is 13.1. The van der Waals surface area contributed by atoms with Crippen molar-refractivity contribution >= 4 is 16.8 Å². The van der Waals surface area contributed by atoms with Crippen LogP contribution in [0.5, 0.6) is 0 Å². The Bertz CT molecular complexity index is 1060. The Balaban J connectivity index is 1.59. The third kappa shape index (κ3) is 2.25. The fourth-order valence-electron chi connectivity index (χ4n) is 4.30. The number of para-hydroxylation sites is 1. The number of hydrogen-bond donors (Lipinski definition) is 0. The number of hydrogen-bond acceptors (Lipinski definition) is 4. The first kappa shape index (κ1) is 15.3. The first-order valence-electron chi connectivity index (χ1n) is 8.93. The van der Waals surface area contributed by atoms with E-state index in [1.165, 1.54) is 0 Å². The monoisotopic (exact) mass is 346 g/mol. The van der Waals surface area contributed by atoms with Gasteiger partial charge in [-0.2, -0.15) is 0 Å². The molecule has 5 rings (SSSR count). The van der Waals surface area contributed by atoms with Crippen LogP contribution in [0.1, 0.15) is 29.0 Å². The second-order valence-corrected chi connectivity index (χ2v) is 7.00. The summed E-state index contributed by atoms with van der Waals surface area (Å²) in [7, 11) is 0. The van der Waals surface area contributed by atoms with Crippen molar-refractivity contribution < 1.29 is 4.79 Å². The Kier molecular flexibility index (Phi) is 3.38. The summed E-state index contributed by atoms with van der Waals surface area (Å²) in [6, 6.07) is 11.1. The summed E-state index contributed by atoms with van der Waals surface area (Å²) in [5.74, 6) is 0.804. The molecule has 0 unspecified atom stereocenters. The van der Waals surface area contributed by atoms with Gasteiger partial charge in [0.2, 0.25) is 0 Å².